The highest BCUT2D eigenvalue weighted by Crippen LogP contribution is 2.43. The summed E-state index contributed by atoms with van der Waals surface area (Å²) in [5.74, 6) is 0.479. The van der Waals surface area contributed by atoms with Gasteiger partial charge in [-0.3, -0.25) is 18.8 Å². The molecule has 2 aliphatic heterocycles. The summed E-state index contributed by atoms with van der Waals surface area (Å²) in [6.07, 6.45) is 6.97. The lowest BCUT2D eigenvalue weighted by Gasteiger charge is -2.43. The summed E-state index contributed by atoms with van der Waals surface area (Å²) in [6, 6.07) is 8.92. The van der Waals surface area contributed by atoms with Gasteiger partial charge in [0, 0.05) is 61.7 Å². The van der Waals surface area contributed by atoms with Crippen molar-refractivity contribution in [3.05, 3.63) is 58.5 Å². The first-order valence-corrected chi connectivity index (χ1v) is 14.9. The van der Waals surface area contributed by atoms with Crippen LogP contribution in [0.15, 0.2) is 36.5 Å². The number of hydrogen-bond donors (Lipinski definition) is 1. The van der Waals surface area contributed by atoms with Crippen LogP contribution in [0.1, 0.15) is 61.5 Å². The molecular formula is C30H35ClN6O4. The molecule has 1 N–H and O–H groups in total. The van der Waals surface area contributed by atoms with Crippen LogP contribution in [0.25, 0.3) is 5.65 Å². The standard InChI is InChI=1S/C30H35ClN6O4/c1-32-29(39)19-7-2-3-8-20(19)30(40)36-16-13-21-22(31)11-12-24(28(21)23(36)17-35-14-6-10-27(35)38)41-18-26-34-33-25-9-4-5-15-37(25)26/h4-5,9,11-12,15,19-20,23H,2-3,6-8,10,13-14,16-18H2,1H3,(H,32,39)/t19-,20+,23+/m0/s1. The van der Waals surface area contributed by atoms with Gasteiger partial charge in [-0.15, -0.1) is 10.2 Å². The van der Waals surface area contributed by atoms with Gasteiger partial charge in [0.1, 0.15) is 12.4 Å². The van der Waals surface area contributed by atoms with Gasteiger partial charge in [-0.05, 0) is 55.5 Å². The molecule has 10 nitrogen and oxygen atoms in total. The van der Waals surface area contributed by atoms with Crippen molar-refractivity contribution < 1.29 is 19.1 Å². The number of aromatic nitrogens is 3. The van der Waals surface area contributed by atoms with E-state index >= 15 is 0 Å². The fourth-order valence-electron chi connectivity index (χ4n) is 6.74. The highest BCUT2D eigenvalue weighted by atomic mass is 35.5. The number of benzene rings is 1. The van der Waals surface area contributed by atoms with Crippen molar-refractivity contribution >= 4 is 35.0 Å². The Balaban J connectivity index is 1.36. The van der Waals surface area contributed by atoms with E-state index in [4.69, 9.17) is 16.3 Å². The molecule has 1 aliphatic carbocycles. The first-order chi connectivity index (χ1) is 20.0. The summed E-state index contributed by atoms with van der Waals surface area (Å²) in [4.78, 5) is 43.6. The number of nitrogens with zero attached hydrogens (tertiary/aromatic N) is 5. The van der Waals surface area contributed by atoms with Gasteiger partial charge >= 0.3 is 0 Å². The highest BCUT2D eigenvalue weighted by molar-refractivity contribution is 6.31. The molecule has 2 aromatic heterocycles. The van der Waals surface area contributed by atoms with Crippen molar-refractivity contribution in [2.45, 2.75) is 57.6 Å². The van der Waals surface area contributed by atoms with E-state index in [0.717, 1.165) is 36.0 Å². The molecule has 0 radical (unpaired) electrons. The van der Waals surface area contributed by atoms with Gasteiger partial charge in [-0.25, -0.2) is 0 Å². The third-order valence-electron chi connectivity index (χ3n) is 8.83. The van der Waals surface area contributed by atoms with Crippen LogP contribution in [-0.2, 0) is 27.4 Å². The zero-order valence-corrected chi connectivity index (χ0v) is 24.0. The fraction of sp³-hybridized carbons (Fsp3) is 0.500. The molecule has 1 aromatic carbocycles. The fourth-order valence-corrected chi connectivity index (χ4v) is 6.99. The van der Waals surface area contributed by atoms with Gasteiger partial charge in [0.25, 0.3) is 0 Å². The molecule has 41 heavy (non-hydrogen) atoms. The van der Waals surface area contributed by atoms with E-state index in [0.29, 0.717) is 61.9 Å². The van der Waals surface area contributed by atoms with E-state index in [2.05, 4.69) is 15.5 Å². The van der Waals surface area contributed by atoms with Crippen LogP contribution in [0, 0.1) is 11.8 Å². The second kappa shape index (κ2) is 11.7. The Labute approximate surface area is 244 Å². The molecule has 6 rings (SSSR count). The molecule has 1 saturated carbocycles. The van der Waals surface area contributed by atoms with Gasteiger partial charge in [-0.1, -0.05) is 30.5 Å². The Bertz CT molecular complexity index is 1470. The second-order valence-corrected chi connectivity index (χ2v) is 11.5. The maximum atomic E-state index is 14.3. The largest absolute Gasteiger partial charge is 0.485 e. The summed E-state index contributed by atoms with van der Waals surface area (Å²) in [6.45, 7) is 1.65. The molecule has 3 aliphatic rings. The van der Waals surface area contributed by atoms with E-state index < -0.39 is 12.0 Å². The van der Waals surface area contributed by atoms with Crippen molar-refractivity contribution in [3.8, 4) is 5.75 Å². The third kappa shape index (κ3) is 5.25. The van der Waals surface area contributed by atoms with Crippen molar-refractivity contribution in [3.63, 3.8) is 0 Å². The Morgan fingerprint density at radius 2 is 1.88 bits per heavy atom. The lowest BCUT2D eigenvalue weighted by atomic mass is 9.77. The predicted molar refractivity (Wildman–Crippen MR) is 152 cm³/mol. The summed E-state index contributed by atoms with van der Waals surface area (Å²) in [5.41, 5.74) is 2.49. The molecule has 4 heterocycles. The lowest BCUT2D eigenvalue weighted by Crippen LogP contribution is -2.50. The molecule has 3 aromatic rings. The third-order valence-corrected chi connectivity index (χ3v) is 9.18. The minimum absolute atomic E-state index is 0.0324. The number of carbonyl (C=O) groups is 3. The zero-order valence-electron chi connectivity index (χ0n) is 23.2. The topological polar surface area (TPSA) is 109 Å². The quantitative estimate of drug-likeness (QED) is 0.459. The molecule has 216 valence electrons. The first-order valence-electron chi connectivity index (χ1n) is 14.5. The number of ether oxygens (including phenoxy) is 1. The lowest BCUT2D eigenvalue weighted by molar-refractivity contribution is -0.147. The maximum Gasteiger partial charge on any atom is 0.227 e. The van der Waals surface area contributed by atoms with Crippen molar-refractivity contribution in [2.75, 3.05) is 26.7 Å². The molecule has 0 unspecified atom stereocenters. The van der Waals surface area contributed by atoms with E-state index in [1.54, 1.807) is 7.05 Å². The van der Waals surface area contributed by atoms with Crippen LogP contribution >= 0.6 is 11.6 Å². The van der Waals surface area contributed by atoms with Crippen molar-refractivity contribution in [2.24, 2.45) is 11.8 Å². The van der Waals surface area contributed by atoms with Crippen molar-refractivity contribution in [1.29, 1.82) is 0 Å². The number of rotatable bonds is 7. The van der Waals surface area contributed by atoms with Gasteiger partial charge in [0.2, 0.25) is 17.7 Å². The molecule has 3 amide bonds. The van der Waals surface area contributed by atoms with Crippen LogP contribution in [0.3, 0.4) is 0 Å². The molecule has 0 bridgehead atoms. The molecule has 0 spiro atoms. The van der Waals surface area contributed by atoms with Crippen LogP contribution in [-0.4, -0.2) is 68.8 Å². The van der Waals surface area contributed by atoms with Crippen LogP contribution < -0.4 is 10.1 Å². The van der Waals surface area contributed by atoms with E-state index in [-0.39, 0.29) is 30.2 Å². The minimum atomic E-state index is -0.440. The SMILES string of the molecule is CNC(=O)[C@H]1CCCC[C@H]1C(=O)N1CCc2c(Cl)ccc(OCc3nnc4ccccn34)c2[C@H]1CN1CCCC1=O. The number of carbonyl (C=O) groups excluding carboxylic acids is 3. The highest BCUT2D eigenvalue weighted by Gasteiger charge is 2.43. The molecular weight excluding hydrogens is 544 g/mol. The number of hydrogen-bond acceptors (Lipinski definition) is 6. The minimum Gasteiger partial charge on any atom is -0.485 e. The second-order valence-electron chi connectivity index (χ2n) is 11.1. The van der Waals surface area contributed by atoms with Crippen LogP contribution in [0.5, 0.6) is 5.75 Å². The maximum absolute atomic E-state index is 14.3. The molecule has 2 fully saturated rings. The summed E-state index contributed by atoms with van der Waals surface area (Å²) < 4.78 is 8.27. The van der Waals surface area contributed by atoms with E-state index in [1.165, 1.54) is 0 Å². The zero-order chi connectivity index (χ0) is 28.5. The monoisotopic (exact) mass is 578 g/mol. The normalized spacial score (nSPS) is 22.6. The van der Waals surface area contributed by atoms with Gasteiger partial charge in [0.15, 0.2) is 11.5 Å². The Kier molecular flexibility index (Phi) is 7.84. The average molecular weight is 579 g/mol. The molecule has 3 atom stereocenters. The summed E-state index contributed by atoms with van der Waals surface area (Å²) >= 11 is 6.74. The Morgan fingerprint density at radius 3 is 2.66 bits per heavy atom. The summed E-state index contributed by atoms with van der Waals surface area (Å²) in [7, 11) is 1.63. The van der Waals surface area contributed by atoms with Gasteiger partial charge in [0.05, 0.1) is 6.04 Å². The number of likely N-dealkylation sites (tertiary alicyclic amines) is 1. The number of amides is 3. The molecule has 1 saturated heterocycles. The number of nitrogens with one attached hydrogen (secondary N) is 1. The van der Waals surface area contributed by atoms with E-state index in [9.17, 15) is 14.4 Å². The Morgan fingerprint density at radius 1 is 1.05 bits per heavy atom. The smallest absolute Gasteiger partial charge is 0.227 e. The average Bonchev–Trinajstić information content (AvgIpc) is 3.61. The van der Waals surface area contributed by atoms with Gasteiger partial charge in [-0.2, -0.15) is 0 Å². The Hall–Kier alpha value is -3.66. The molecule has 11 heteroatoms. The van der Waals surface area contributed by atoms with Gasteiger partial charge < -0.3 is 19.9 Å². The number of fused-ring (bicyclic) bond motifs is 2. The van der Waals surface area contributed by atoms with Crippen molar-refractivity contribution in [1.82, 2.24) is 29.7 Å². The predicted octanol–water partition coefficient (Wildman–Crippen LogP) is 3.56. The summed E-state index contributed by atoms with van der Waals surface area (Å²) in [5, 5.41) is 11.9. The van der Waals surface area contributed by atoms with Crippen LogP contribution in [0.4, 0.5) is 0 Å². The van der Waals surface area contributed by atoms with E-state index in [1.807, 2.05) is 50.7 Å². The number of pyridine rings is 1. The van der Waals surface area contributed by atoms with Crippen LogP contribution in [0.2, 0.25) is 5.02 Å². The first kappa shape index (κ1) is 27.5. The number of halogens is 1.